The Morgan fingerprint density at radius 3 is 2.82 bits per heavy atom. The number of imidazole rings is 1. The molecule has 2 aromatic rings. The molecule has 1 aromatic heterocycles. The van der Waals surface area contributed by atoms with Crippen LogP contribution in [-0.2, 0) is 11.3 Å². The van der Waals surface area contributed by atoms with E-state index in [9.17, 15) is 9.59 Å². The van der Waals surface area contributed by atoms with Crippen molar-refractivity contribution in [3.8, 4) is 0 Å². The molecule has 0 spiro atoms. The molecule has 1 amide bonds. The Balaban J connectivity index is 1.51. The van der Waals surface area contributed by atoms with Gasteiger partial charge >= 0.3 is 5.69 Å². The van der Waals surface area contributed by atoms with Crippen LogP contribution in [0.3, 0.4) is 0 Å². The zero-order chi connectivity index (χ0) is 15.4. The van der Waals surface area contributed by atoms with Gasteiger partial charge in [0.05, 0.1) is 11.0 Å². The van der Waals surface area contributed by atoms with Gasteiger partial charge in [0.1, 0.15) is 0 Å². The van der Waals surface area contributed by atoms with E-state index in [0.29, 0.717) is 13.1 Å². The van der Waals surface area contributed by atoms with Gasteiger partial charge in [-0.05, 0) is 31.4 Å². The van der Waals surface area contributed by atoms with Crippen molar-refractivity contribution in [2.24, 2.45) is 5.92 Å². The van der Waals surface area contributed by atoms with Crippen LogP contribution in [0.4, 0.5) is 0 Å². The van der Waals surface area contributed by atoms with Gasteiger partial charge in [-0.25, -0.2) is 4.79 Å². The molecule has 0 saturated heterocycles. The van der Waals surface area contributed by atoms with Gasteiger partial charge in [-0.2, -0.15) is 0 Å². The number of aryl methyl sites for hydroxylation is 1. The third-order valence-electron chi connectivity index (χ3n) is 4.52. The third kappa shape index (κ3) is 3.24. The number of H-pyrrole nitrogens is 1. The number of hydrogen-bond acceptors (Lipinski definition) is 2. The highest BCUT2D eigenvalue weighted by Crippen LogP contribution is 2.23. The molecule has 0 bridgehead atoms. The average molecular weight is 301 g/mol. The fourth-order valence-corrected chi connectivity index (χ4v) is 3.29. The summed E-state index contributed by atoms with van der Waals surface area (Å²) in [6, 6.07) is 7.68. The quantitative estimate of drug-likeness (QED) is 0.833. The molecule has 2 N–H and O–H groups in total. The van der Waals surface area contributed by atoms with E-state index in [1.54, 1.807) is 4.57 Å². The van der Waals surface area contributed by atoms with E-state index in [4.69, 9.17) is 0 Å². The molecule has 118 valence electrons. The molecule has 0 unspecified atom stereocenters. The molecule has 1 fully saturated rings. The van der Waals surface area contributed by atoms with Crippen molar-refractivity contribution in [2.75, 3.05) is 6.54 Å². The minimum absolute atomic E-state index is 0.0835. The molecule has 0 aliphatic heterocycles. The van der Waals surface area contributed by atoms with E-state index in [0.717, 1.165) is 30.3 Å². The van der Waals surface area contributed by atoms with Crippen molar-refractivity contribution in [3.63, 3.8) is 0 Å². The molecule has 1 aliphatic carbocycles. The van der Waals surface area contributed by atoms with Crippen LogP contribution in [0.15, 0.2) is 29.1 Å². The maximum atomic E-state index is 12.1. The van der Waals surface area contributed by atoms with Crippen LogP contribution < -0.4 is 11.0 Å². The summed E-state index contributed by atoms with van der Waals surface area (Å²) >= 11 is 0. The maximum absolute atomic E-state index is 12.1. The predicted octanol–water partition coefficient (Wildman–Crippen LogP) is 2.42. The van der Waals surface area contributed by atoms with Crippen molar-refractivity contribution >= 4 is 16.9 Å². The zero-order valence-corrected chi connectivity index (χ0v) is 12.8. The Bertz CT molecular complexity index is 695. The highest BCUT2D eigenvalue weighted by molar-refractivity contribution is 5.78. The zero-order valence-electron chi connectivity index (χ0n) is 12.8. The fraction of sp³-hybridized carbons (Fsp3) is 0.529. The largest absolute Gasteiger partial charge is 0.356 e. The van der Waals surface area contributed by atoms with E-state index in [-0.39, 0.29) is 17.5 Å². The fourth-order valence-electron chi connectivity index (χ4n) is 3.29. The second-order valence-electron chi connectivity index (χ2n) is 6.08. The van der Waals surface area contributed by atoms with Gasteiger partial charge < -0.3 is 10.3 Å². The van der Waals surface area contributed by atoms with Gasteiger partial charge in [-0.1, -0.05) is 31.4 Å². The van der Waals surface area contributed by atoms with Gasteiger partial charge in [-0.3, -0.25) is 9.36 Å². The summed E-state index contributed by atoms with van der Waals surface area (Å²) in [5.41, 5.74) is 1.70. The molecule has 1 heterocycles. The molecular formula is C17H23N3O2. The number of carbonyl (C=O) groups is 1. The summed E-state index contributed by atoms with van der Waals surface area (Å²) in [7, 11) is 0. The van der Waals surface area contributed by atoms with Crippen molar-refractivity contribution in [3.05, 3.63) is 34.7 Å². The lowest BCUT2D eigenvalue weighted by molar-refractivity contribution is -0.125. The van der Waals surface area contributed by atoms with E-state index in [1.165, 1.54) is 19.3 Å². The predicted molar refractivity (Wildman–Crippen MR) is 86.8 cm³/mol. The number of aromatic nitrogens is 2. The number of benzene rings is 1. The summed E-state index contributed by atoms with van der Waals surface area (Å²) < 4.78 is 1.74. The number of fused-ring (bicyclic) bond motifs is 1. The van der Waals surface area contributed by atoms with Gasteiger partial charge in [0.2, 0.25) is 5.91 Å². The molecule has 22 heavy (non-hydrogen) atoms. The Morgan fingerprint density at radius 2 is 2.00 bits per heavy atom. The molecule has 1 aliphatic rings. The minimum atomic E-state index is -0.0835. The van der Waals surface area contributed by atoms with Crippen LogP contribution in [-0.4, -0.2) is 22.0 Å². The number of carbonyl (C=O) groups excluding carboxylic acids is 1. The second kappa shape index (κ2) is 6.81. The number of rotatable bonds is 5. The lowest BCUT2D eigenvalue weighted by Gasteiger charge is -2.20. The molecule has 3 rings (SSSR count). The summed E-state index contributed by atoms with van der Waals surface area (Å²) in [5, 5.41) is 3.02. The number of nitrogens with one attached hydrogen (secondary N) is 2. The summed E-state index contributed by atoms with van der Waals surface area (Å²) in [4.78, 5) is 26.8. The smallest absolute Gasteiger partial charge is 0.326 e. The SMILES string of the molecule is O=C(NCCCn1c(=O)[nH]c2ccccc21)C1CCCCC1. The van der Waals surface area contributed by atoms with Crippen LogP contribution in [0, 0.1) is 5.92 Å². The summed E-state index contributed by atoms with van der Waals surface area (Å²) in [6.45, 7) is 1.25. The topological polar surface area (TPSA) is 66.9 Å². The van der Waals surface area contributed by atoms with E-state index in [2.05, 4.69) is 10.3 Å². The Hall–Kier alpha value is -2.04. The number of hydrogen-bond donors (Lipinski definition) is 2. The van der Waals surface area contributed by atoms with Crippen LogP contribution in [0.5, 0.6) is 0 Å². The first-order valence-corrected chi connectivity index (χ1v) is 8.21. The van der Waals surface area contributed by atoms with Crippen LogP contribution in [0.1, 0.15) is 38.5 Å². The van der Waals surface area contributed by atoms with Gasteiger partial charge in [0, 0.05) is 19.0 Å². The first-order valence-electron chi connectivity index (χ1n) is 8.21. The molecule has 0 radical (unpaired) electrons. The minimum Gasteiger partial charge on any atom is -0.356 e. The number of para-hydroxylation sites is 2. The average Bonchev–Trinajstić information content (AvgIpc) is 2.88. The highest BCUT2D eigenvalue weighted by Gasteiger charge is 2.20. The highest BCUT2D eigenvalue weighted by atomic mass is 16.2. The van der Waals surface area contributed by atoms with E-state index < -0.39 is 0 Å². The molecule has 1 aromatic carbocycles. The number of amides is 1. The number of nitrogens with zero attached hydrogens (tertiary/aromatic N) is 1. The monoisotopic (exact) mass is 301 g/mol. The van der Waals surface area contributed by atoms with Crippen molar-refractivity contribution in [1.29, 1.82) is 0 Å². The van der Waals surface area contributed by atoms with E-state index >= 15 is 0 Å². The summed E-state index contributed by atoms with van der Waals surface area (Å²) in [6.07, 6.45) is 6.40. The normalized spacial score (nSPS) is 16.0. The molecule has 1 saturated carbocycles. The third-order valence-corrected chi connectivity index (χ3v) is 4.52. The molecular weight excluding hydrogens is 278 g/mol. The Labute approximate surface area is 129 Å². The maximum Gasteiger partial charge on any atom is 0.326 e. The first-order chi connectivity index (χ1) is 10.8. The van der Waals surface area contributed by atoms with Crippen LogP contribution in [0.2, 0.25) is 0 Å². The number of aromatic amines is 1. The van der Waals surface area contributed by atoms with Gasteiger partial charge in [0.25, 0.3) is 0 Å². The van der Waals surface area contributed by atoms with Crippen LogP contribution >= 0.6 is 0 Å². The summed E-state index contributed by atoms with van der Waals surface area (Å²) in [5.74, 6) is 0.385. The molecule has 5 heteroatoms. The van der Waals surface area contributed by atoms with Gasteiger partial charge in [-0.15, -0.1) is 0 Å². The van der Waals surface area contributed by atoms with Crippen LogP contribution in [0.25, 0.3) is 11.0 Å². The molecule has 5 nitrogen and oxygen atoms in total. The lowest BCUT2D eigenvalue weighted by atomic mass is 9.89. The van der Waals surface area contributed by atoms with E-state index in [1.807, 2.05) is 24.3 Å². The molecule has 0 atom stereocenters. The van der Waals surface area contributed by atoms with Crippen molar-refractivity contribution < 1.29 is 4.79 Å². The Kier molecular flexibility index (Phi) is 4.61. The standard InChI is InChI=1S/C17H23N3O2/c21-16(13-7-2-1-3-8-13)18-11-6-12-20-15-10-5-4-9-14(15)19-17(20)22/h4-5,9-10,13H,1-3,6-8,11-12H2,(H,18,21)(H,19,22). The first kappa shape index (κ1) is 14.9. The van der Waals surface area contributed by atoms with Gasteiger partial charge in [0.15, 0.2) is 0 Å². The second-order valence-corrected chi connectivity index (χ2v) is 6.08. The Morgan fingerprint density at radius 1 is 1.23 bits per heavy atom. The van der Waals surface area contributed by atoms with Crippen molar-refractivity contribution in [1.82, 2.24) is 14.9 Å². The lowest BCUT2D eigenvalue weighted by Crippen LogP contribution is -2.33. The van der Waals surface area contributed by atoms with Crippen molar-refractivity contribution in [2.45, 2.75) is 45.1 Å².